The molecule has 1 aromatic heterocycles. The fraction of sp³-hybridized carbons (Fsp3) is 0.571. The van der Waals surface area contributed by atoms with Gasteiger partial charge in [-0.1, -0.05) is 0 Å². The van der Waals surface area contributed by atoms with Crippen LogP contribution in [0.15, 0.2) is 12.3 Å². The zero-order valence-electron chi connectivity index (χ0n) is 7.03. The topological polar surface area (TPSA) is 53.1 Å². The van der Waals surface area contributed by atoms with E-state index in [1.165, 1.54) is 0 Å². The summed E-state index contributed by atoms with van der Waals surface area (Å²) in [6.07, 6.45) is 1.86. The fourth-order valence-corrected chi connectivity index (χ4v) is 0.797. The normalized spacial score (nSPS) is 12.0. The average molecular weight is 155 g/mol. The Hall–Kier alpha value is -0.870. The van der Waals surface area contributed by atoms with E-state index < -0.39 is 5.60 Å². The number of aryl methyl sites for hydroxylation is 1. The molecule has 0 aliphatic heterocycles. The predicted octanol–water partition coefficient (Wildman–Crippen LogP) is 0.545. The lowest BCUT2D eigenvalue weighted by Crippen LogP contribution is -2.25. The highest BCUT2D eigenvalue weighted by Crippen LogP contribution is 2.19. The molecule has 2 N–H and O–H groups in total. The molecular weight excluding hydrogens is 142 g/mol. The van der Waals surface area contributed by atoms with Crippen molar-refractivity contribution < 1.29 is 4.84 Å². The molecule has 0 aliphatic rings. The maximum absolute atomic E-state index is 5.10. The molecule has 0 amide bonds. The second-order valence-corrected chi connectivity index (χ2v) is 3.00. The van der Waals surface area contributed by atoms with Gasteiger partial charge >= 0.3 is 0 Å². The summed E-state index contributed by atoms with van der Waals surface area (Å²) in [5.41, 5.74) is 0.337. The van der Waals surface area contributed by atoms with E-state index in [9.17, 15) is 0 Å². The molecule has 0 unspecified atom stereocenters. The van der Waals surface area contributed by atoms with Crippen LogP contribution in [0.1, 0.15) is 19.5 Å². The van der Waals surface area contributed by atoms with Gasteiger partial charge < -0.3 is 0 Å². The predicted molar refractivity (Wildman–Crippen MR) is 41.5 cm³/mol. The van der Waals surface area contributed by atoms with Crippen LogP contribution in [0.25, 0.3) is 0 Å². The standard InChI is InChI=1S/C7H13N3O/c1-7(2,11-8)6-4-5-10(3)9-6/h4-5H,8H2,1-3H3. The molecule has 0 radical (unpaired) electrons. The third-order valence-corrected chi connectivity index (χ3v) is 1.63. The van der Waals surface area contributed by atoms with Crippen LogP contribution in [-0.4, -0.2) is 9.78 Å². The summed E-state index contributed by atoms with van der Waals surface area (Å²) in [5.74, 6) is 5.10. The Morgan fingerprint density at radius 1 is 1.64 bits per heavy atom. The Labute approximate surface area is 65.9 Å². The van der Waals surface area contributed by atoms with Crippen LogP contribution in [0.4, 0.5) is 0 Å². The highest BCUT2D eigenvalue weighted by Gasteiger charge is 2.22. The minimum absolute atomic E-state index is 0.499. The first-order valence-corrected chi connectivity index (χ1v) is 3.44. The third-order valence-electron chi connectivity index (χ3n) is 1.63. The van der Waals surface area contributed by atoms with Gasteiger partial charge in [-0.3, -0.25) is 9.52 Å². The lowest BCUT2D eigenvalue weighted by molar-refractivity contribution is -0.0271. The molecule has 4 heteroatoms. The van der Waals surface area contributed by atoms with Gasteiger partial charge in [-0.05, 0) is 19.9 Å². The van der Waals surface area contributed by atoms with Gasteiger partial charge in [0.1, 0.15) is 5.60 Å². The molecule has 0 bridgehead atoms. The second-order valence-electron chi connectivity index (χ2n) is 3.00. The van der Waals surface area contributed by atoms with Crippen LogP contribution in [0, 0.1) is 0 Å². The number of hydrogen-bond donors (Lipinski definition) is 1. The summed E-state index contributed by atoms with van der Waals surface area (Å²) >= 11 is 0. The van der Waals surface area contributed by atoms with E-state index in [2.05, 4.69) is 5.10 Å². The quantitative estimate of drug-likeness (QED) is 0.634. The number of nitrogens with two attached hydrogens (primary N) is 1. The third kappa shape index (κ3) is 1.58. The highest BCUT2D eigenvalue weighted by atomic mass is 16.6. The van der Waals surface area contributed by atoms with Gasteiger partial charge in [0, 0.05) is 13.2 Å². The molecule has 11 heavy (non-hydrogen) atoms. The van der Waals surface area contributed by atoms with Gasteiger partial charge in [0.25, 0.3) is 0 Å². The smallest absolute Gasteiger partial charge is 0.127 e. The summed E-state index contributed by atoms with van der Waals surface area (Å²) in [4.78, 5) is 4.76. The van der Waals surface area contributed by atoms with E-state index in [-0.39, 0.29) is 0 Å². The number of aromatic nitrogens is 2. The van der Waals surface area contributed by atoms with Crippen molar-refractivity contribution in [1.82, 2.24) is 9.78 Å². The van der Waals surface area contributed by atoms with Crippen molar-refractivity contribution in [2.24, 2.45) is 12.9 Å². The molecule has 1 aromatic rings. The Balaban J connectivity index is 2.92. The number of nitrogens with zero attached hydrogens (tertiary/aromatic N) is 2. The summed E-state index contributed by atoms with van der Waals surface area (Å²) in [6, 6.07) is 1.88. The van der Waals surface area contributed by atoms with Crippen molar-refractivity contribution >= 4 is 0 Å². The van der Waals surface area contributed by atoms with Crippen molar-refractivity contribution in [2.75, 3.05) is 0 Å². The van der Waals surface area contributed by atoms with Gasteiger partial charge in [-0.15, -0.1) is 0 Å². The van der Waals surface area contributed by atoms with Crippen LogP contribution in [0.3, 0.4) is 0 Å². The summed E-state index contributed by atoms with van der Waals surface area (Å²) < 4.78 is 1.72. The van der Waals surface area contributed by atoms with Crippen molar-refractivity contribution in [3.8, 4) is 0 Å². The lowest BCUT2D eigenvalue weighted by atomic mass is 10.1. The molecule has 1 rings (SSSR count). The minimum atomic E-state index is -0.499. The van der Waals surface area contributed by atoms with Gasteiger partial charge in [0.2, 0.25) is 0 Å². The molecule has 4 nitrogen and oxygen atoms in total. The van der Waals surface area contributed by atoms with Crippen LogP contribution < -0.4 is 5.90 Å². The maximum Gasteiger partial charge on any atom is 0.127 e. The lowest BCUT2D eigenvalue weighted by Gasteiger charge is -2.18. The van der Waals surface area contributed by atoms with E-state index in [1.54, 1.807) is 4.68 Å². The van der Waals surface area contributed by atoms with E-state index >= 15 is 0 Å². The molecular formula is C7H13N3O. The molecule has 0 fully saturated rings. The Morgan fingerprint density at radius 3 is 2.64 bits per heavy atom. The van der Waals surface area contributed by atoms with E-state index in [4.69, 9.17) is 10.7 Å². The Morgan fingerprint density at radius 2 is 2.27 bits per heavy atom. The first-order valence-electron chi connectivity index (χ1n) is 3.44. The molecule has 0 saturated heterocycles. The van der Waals surface area contributed by atoms with E-state index in [1.807, 2.05) is 33.2 Å². The molecule has 0 aliphatic carbocycles. The molecule has 0 aromatic carbocycles. The molecule has 0 spiro atoms. The van der Waals surface area contributed by atoms with Crippen molar-refractivity contribution in [3.05, 3.63) is 18.0 Å². The first-order chi connectivity index (χ1) is 5.06. The minimum Gasteiger partial charge on any atom is -0.292 e. The molecule has 0 saturated carbocycles. The zero-order valence-corrected chi connectivity index (χ0v) is 7.03. The van der Waals surface area contributed by atoms with Crippen LogP contribution in [0.5, 0.6) is 0 Å². The Bertz CT molecular complexity index is 242. The molecule has 62 valence electrons. The van der Waals surface area contributed by atoms with Gasteiger partial charge in [0.15, 0.2) is 0 Å². The van der Waals surface area contributed by atoms with E-state index in [0.29, 0.717) is 0 Å². The monoisotopic (exact) mass is 155 g/mol. The SMILES string of the molecule is Cn1ccc(C(C)(C)ON)n1. The molecule has 0 atom stereocenters. The fourth-order valence-electron chi connectivity index (χ4n) is 0.797. The second kappa shape index (κ2) is 2.64. The van der Waals surface area contributed by atoms with Crippen LogP contribution >= 0.6 is 0 Å². The first kappa shape index (κ1) is 8.23. The highest BCUT2D eigenvalue weighted by molar-refractivity contribution is 5.07. The maximum atomic E-state index is 5.10. The van der Waals surface area contributed by atoms with Crippen molar-refractivity contribution in [3.63, 3.8) is 0 Å². The van der Waals surface area contributed by atoms with Crippen molar-refractivity contribution in [1.29, 1.82) is 0 Å². The van der Waals surface area contributed by atoms with E-state index in [0.717, 1.165) is 5.69 Å². The van der Waals surface area contributed by atoms with Gasteiger partial charge in [-0.2, -0.15) is 5.10 Å². The van der Waals surface area contributed by atoms with Gasteiger partial charge in [-0.25, -0.2) is 5.90 Å². The zero-order chi connectivity index (χ0) is 8.48. The summed E-state index contributed by atoms with van der Waals surface area (Å²) in [6.45, 7) is 3.74. The molecule has 1 heterocycles. The average Bonchev–Trinajstić information content (AvgIpc) is 2.36. The summed E-state index contributed by atoms with van der Waals surface area (Å²) in [5, 5.41) is 4.16. The van der Waals surface area contributed by atoms with Gasteiger partial charge in [0.05, 0.1) is 5.69 Å². The van der Waals surface area contributed by atoms with Crippen LogP contribution in [0.2, 0.25) is 0 Å². The van der Waals surface area contributed by atoms with Crippen molar-refractivity contribution in [2.45, 2.75) is 19.4 Å². The Kier molecular flexibility index (Phi) is 1.97. The van der Waals surface area contributed by atoms with Crippen LogP contribution in [-0.2, 0) is 17.5 Å². The largest absolute Gasteiger partial charge is 0.292 e. The number of hydrogen-bond acceptors (Lipinski definition) is 3. The number of rotatable bonds is 2. The summed E-state index contributed by atoms with van der Waals surface area (Å²) in [7, 11) is 1.86.